The molecule has 0 saturated heterocycles. The Bertz CT molecular complexity index is 982. The number of aromatic hydroxyl groups is 1. The van der Waals surface area contributed by atoms with Gasteiger partial charge in [0.2, 0.25) is 0 Å². The van der Waals surface area contributed by atoms with Crippen LogP contribution in [0.15, 0.2) is 16.9 Å². The second-order valence-corrected chi connectivity index (χ2v) is 5.15. The monoisotopic (exact) mass is 338 g/mol. The van der Waals surface area contributed by atoms with Crippen LogP contribution in [0.25, 0.3) is 18.6 Å². The number of nitrogens with one attached hydrogen (secondary N) is 2. The number of tetrazole rings is 1. The van der Waals surface area contributed by atoms with E-state index in [1.165, 1.54) is 18.2 Å². The summed E-state index contributed by atoms with van der Waals surface area (Å²) in [6.45, 7) is 3.76. The summed E-state index contributed by atoms with van der Waals surface area (Å²) in [4.78, 5) is 12.4. The Morgan fingerprint density at radius 2 is 2.00 bits per heavy atom. The molecule has 1 aromatic carbocycles. The van der Waals surface area contributed by atoms with Crippen LogP contribution < -0.4 is 16.1 Å². The van der Waals surface area contributed by atoms with E-state index in [0.29, 0.717) is 10.9 Å². The van der Waals surface area contributed by atoms with Crippen LogP contribution in [0.1, 0.15) is 5.56 Å². The van der Waals surface area contributed by atoms with Crippen molar-refractivity contribution in [1.29, 1.82) is 0 Å². The lowest BCUT2D eigenvalue weighted by Crippen LogP contribution is -2.34. The largest absolute Gasteiger partial charge is 0.505 e. The summed E-state index contributed by atoms with van der Waals surface area (Å²) in [6.07, 6.45) is 1.54. The smallest absolute Gasteiger partial charge is 0.291 e. The van der Waals surface area contributed by atoms with E-state index in [0.717, 1.165) is 4.68 Å². The second-order valence-electron chi connectivity index (χ2n) is 4.33. The number of phenolic OH excluding ortho intramolecular Hbond substituents is 1. The number of nitrogens with zero attached hydrogens (tertiary/aromatic N) is 4. The first-order valence-corrected chi connectivity index (χ1v) is 6.66. The van der Waals surface area contributed by atoms with Gasteiger partial charge in [-0.2, -0.15) is 9.90 Å². The van der Waals surface area contributed by atoms with Gasteiger partial charge in [-0.3, -0.25) is 9.89 Å². The molecule has 3 aromatic rings. The van der Waals surface area contributed by atoms with Gasteiger partial charge in [-0.1, -0.05) is 34.9 Å². The summed E-state index contributed by atoms with van der Waals surface area (Å²) in [5.41, 5.74) is 0.126. The quantitative estimate of drug-likeness (QED) is 0.605. The second kappa shape index (κ2) is 5.32. The molecular formula is C12H8Cl2N6O2. The van der Waals surface area contributed by atoms with Crippen molar-refractivity contribution in [2.45, 2.75) is 0 Å². The zero-order valence-electron chi connectivity index (χ0n) is 10.8. The number of aromatic amines is 2. The normalized spacial score (nSPS) is 12.0. The fourth-order valence-electron chi connectivity index (χ4n) is 1.87. The van der Waals surface area contributed by atoms with Gasteiger partial charge in [0.1, 0.15) is 0 Å². The molecule has 22 heavy (non-hydrogen) atoms. The zero-order chi connectivity index (χ0) is 15.9. The molecule has 0 aliphatic rings. The lowest BCUT2D eigenvalue weighted by molar-refractivity contribution is 0.476. The van der Waals surface area contributed by atoms with Crippen molar-refractivity contribution in [2.75, 3.05) is 0 Å². The van der Waals surface area contributed by atoms with Crippen LogP contribution >= 0.6 is 23.2 Å². The van der Waals surface area contributed by atoms with Gasteiger partial charge < -0.3 is 5.11 Å². The van der Waals surface area contributed by atoms with Gasteiger partial charge in [0.25, 0.3) is 11.5 Å². The molecule has 112 valence electrons. The van der Waals surface area contributed by atoms with Gasteiger partial charge >= 0.3 is 0 Å². The molecule has 0 bridgehead atoms. The highest BCUT2D eigenvalue weighted by Crippen LogP contribution is 2.32. The van der Waals surface area contributed by atoms with Crippen LogP contribution in [0.5, 0.6) is 5.75 Å². The topological polar surface area (TPSA) is 112 Å². The Morgan fingerprint density at radius 3 is 2.59 bits per heavy atom. The minimum absolute atomic E-state index is 0.0660. The van der Waals surface area contributed by atoms with Gasteiger partial charge in [-0.25, -0.2) is 0 Å². The lowest BCUT2D eigenvalue weighted by atomic mass is 10.2. The van der Waals surface area contributed by atoms with Crippen LogP contribution in [0.4, 0.5) is 0 Å². The number of aromatic nitrogens is 6. The SMILES string of the molecule is C=c1[nH]n(-c2nn[nH]n2)c(=O)/c1=C\c1cc(Cl)c(O)c(Cl)c1. The summed E-state index contributed by atoms with van der Waals surface area (Å²) in [6, 6.07) is 2.96. The summed E-state index contributed by atoms with van der Waals surface area (Å²) in [7, 11) is 0. The van der Waals surface area contributed by atoms with Crippen molar-refractivity contribution >= 4 is 35.9 Å². The molecule has 0 unspecified atom stereocenters. The fourth-order valence-corrected chi connectivity index (χ4v) is 2.38. The molecule has 0 saturated carbocycles. The maximum Gasteiger partial charge on any atom is 0.291 e. The molecule has 2 aromatic heterocycles. The predicted molar refractivity (Wildman–Crippen MR) is 80.6 cm³/mol. The zero-order valence-corrected chi connectivity index (χ0v) is 12.4. The Hall–Kier alpha value is -2.58. The van der Waals surface area contributed by atoms with E-state index in [1.54, 1.807) is 0 Å². The van der Waals surface area contributed by atoms with Crippen LogP contribution in [-0.4, -0.2) is 35.5 Å². The molecule has 0 aliphatic carbocycles. The van der Waals surface area contributed by atoms with Crippen LogP contribution in [0.2, 0.25) is 10.0 Å². The number of phenols is 1. The van der Waals surface area contributed by atoms with E-state index >= 15 is 0 Å². The summed E-state index contributed by atoms with van der Waals surface area (Å²) in [5, 5.41) is 26.2. The van der Waals surface area contributed by atoms with E-state index < -0.39 is 5.56 Å². The molecular weight excluding hydrogens is 331 g/mol. The molecule has 0 spiro atoms. The molecule has 0 fully saturated rings. The third-order valence-corrected chi connectivity index (χ3v) is 3.47. The summed E-state index contributed by atoms with van der Waals surface area (Å²) in [5.74, 6) is -0.148. The standard InChI is InChI=1S/C12H8Cl2N6O2/c1-5-7(2-6-3-8(13)10(21)9(14)4-6)11(22)20(17-5)12-15-18-19-16-12/h2-4,17,21H,1H2,(H,15,16,18,19)/b7-2-. The Morgan fingerprint density at radius 1 is 1.32 bits per heavy atom. The van der Waals surface area contributed by atoms with Crippen molar-refractivity contribution in [2.24, 2.45) is 0 Å². The predicted octanol–water partition coefficient (Wildman–Crippen LogP) is -0.0698. The first-order valence-electron chi connectivity index (χ1n) is 5.91. The van der Waals surface area contributed by atoms with Crippen molar-refractivity contribution in [3.05, 3.63) is 48.7 Å². The van der Waals surface area contributed by atoms with Gasteiger partial charge in [0.15, 0.2) is 5.75 Å². The first kappa shape index (κ1) is 14.4. The van der Waals surface area contributed by atoms with Gasteiger partial charge in [-0.05, 0) is 29.0 Å². The van der Waals surface area contributed by atoms with Crippen molar-refractivity contribution in [1.82, 2.24) is 30.4 Å². The highest BCUT2D eigenvalue weighted by atomic mass is 35.5. The third-order valence-electron chi connectivity index (χ3n) is 2.89. The number of H-pyrrole nitrogens is 2. The van der Waals surface area contributed by atoms with E-state index in [9.17, 15) is 9.90 Å². The van der Waals surface area contributed by atoms with Crippen LogP contribution in [0, 0.1) is 0 Å². The summed E-state index contributed by atoms with van der Waals surface area (Å²) >= 11 is 11.7. The molecule has 8 nitrogen and oxygen atoms in total. The molecule has 3 N–H and O–H groups in total. The third kappa shape index (κ3) is 2.38. The number of hydrogen-bond acceptors (Lipinski definition) is 5. The highest BCUT2D eigenvalue weighted by Gasteiger charge is 2.09. The fraction of sp³-hybridized carbons (Fsp3) is 0. The minimum Gasteiger partial charge on any atom is -0.505 e. The Balaban J connectivity index is 2.22. The molecule has 10 heteroatoms. The highest BCUT2D eigenvalue weighted by molar-refractivity contribution is 6.37. The molecule has 0 atom stereocenters. The number of benzene rings is 1. The molecule has 0 radical (unpaired) electrons. The Labute approximate surface area is 132 Å². The lowest BCUT2D eigenvalue weighted by Gasteiger charge is -2.01. The van der Waals surface area contributed by atoms with E-state index in [2.05, 4.69) is 32.3 Å². The van der Waals surface area contributed by atoms with Crippen LogP contribution in [-0.2, 0) is 0 Å². The maximum atomic E-state index is 12.4. The Kier molecular flexibility index (Phi) is 3.47. The van der Waals surface area contributed by atoms with Crippen molar-refractivity contribution < 1.29 is 5.11 Å². The van der Waals surface area contributed by atoms with Crippen molar-refractivity contribution in [3.63, 3.8) is 0 Å². The maximum absolute atomic E-state index is 12.4. The van der Waals surface area contributed by atoms with Gasteiger partial charge in [-0.15, -0.1) is 5.10 Å². The number of rotatable bonds is 2. The van der Waals surface area contributed by atoms with E-state index in [-0.39, 0.29) is 27.0 Å². The number of halogens is 2. The molecule has 0 amide bonds. The van der Waals surface area contributed by atoms with Gasteiger partial charge in [0, 0.05) is 0 Å². The van der Waals surface area contributed by atoms with Gasteiger partial charge in [0.05, 0.1) is 20.6 Å². The molecule has 3 rings (SSSR count). The van der Waals surface area contributed by atoms with Crippen molar-refractivity contribution in [3.8, 4) is 11.7 Å². The van der Waals surface area contributed by atoms with E-state index in [4.69, 9.17) is 23.2 Å². The first-order chi connectivity index (χ1) is 10.5. The van der Waals surface area contributed by atoms with E-state index in [1.807, 2.05) is 0 Å². The average molecular weight is 339 g/mol. The summed E-state index contributed by atoms with van der Waals surface area (Å²) < 4.78 is 1.10. The molecule has 2 heterocycles. The number of hydrogen-bond donors (Lipinski definition) is 3. The van der Waals surface area contributed by atoms with Crippen LogP contribution in [0.3, 0.4) is 0 Å². The minimum atomic E-state index is -0.410. The average Bonchev–Trinajstić information content (AvgIpc) is 3.08. The molecule has 0 aliphatic heterocycles.